The van der Waals surface area contributed by atoms with Crippen molar-refractivity contribution in [2.75, 3.05) is 0 Å². The molecule has 12 rings (SSSR count). The van der Waals surface area contributed by atoms with Crippen molar-refractivity contribution >= 4 is 137 Å². The zero-order valence-corrected chi connectivity index (χ0v) is 40.4. The highest BCUT2D eigenvalue weighted by Crippen LogP contribution is 2.39. The first kappa shape index (κ1) is 42.6. The third-order valence-corrected chi connectivity index (χ3v) is 15.4. The average Bonchev–Trinajstić information content (AvgIpc) is 3.94. The second-order valence-electron chi connectivity index (χ2n) is 19.1. The van der Waals surface area contributed by atoms with Gasteiger partial charge in [0, 0.05) is 38.6 Å². The molecule has 2 heterocycles. The largest absolute Gasteiger partial charge is 0.310 e. The Morgan fingerprint density at radius 1 is 0.246 bits per heavy atom. The van der Waals surface area contributed by atoms with E-state index in [2.05, 4.69) is 264 Å². The van der Waals surface area contributed by atoms with E-state index >= 15 is 0 Å². The third-order valence-electron chi connectivity index (χ3n) is 15.4. The first-order chi connectivity index (χ1) is 33.7. The maximum atomic E-state index is 2.61. The number of hydrogen-bond acceptors (Lipinski definition) is 0. The highest BCUT2D eigenvalue weighted by atomic mass is 15.0. The fraction of sp³-hybridized carbons (Fsp3) is 0. The Kier molecular flexibility index (Phi) is 10.4. The Morgan fingerprint density at radius 3 is 1.19 bits per heavy atom. The Labute approximate surface area is 410 Å². The number of rotatable bonds is 7. The van der Waals surface area contributed by atoms with Crippen LogP contribution in [0.3, 0.4) is 0 Å². The summed E-state index contributed by atoms with van der Waals surface area (Å²) < 4.78 is 5.07. The van der Waals surface area contributed by atoms with Crippen LogP contribution in [-0.2, 0) is 0 Å². The normalized spacial score (nSPS) is 11.6. The van der Waals surface area contributed by atoms with Crippen LogP contribution >= 0.6 is 0 Å². The molecule has 0 radical (unpaired) electrons. The smallest absolute Gasteiger partial charge is 0.141 e. The van der Waals surface area contributed by atoms with Gasteiger partial charge in [-0.05, 0) is 116 Å². The van der Waals surface area contributed by atoms with E-state index in [4.69, 9.17) is 0 Å². The Balaban J connectivity index is 1.14. The fourth-order valence-corrected chi connectivity index (χ4v) is 11.5. The number of nitrogens with zero attached hydrogens (tertiary/aromatic N) is 2. The summed E-state index contributed by atoms with van der Waals surface area (Å²) in [6, 6.07) is 73.6. The summed E-state index contributed by atoms with van der Waals surface area (Å²) in [5.74, 6) is 0. The predicted molar refractivity (Wildman–Crippen MR) is 320 cm³/mol. The lowest BCUT2D eigenvalue weighted by molar-refractivity contribution is 1.18. The quantitative estimate of drug-likeness (QED) is 0.215. The van der Waals surface area contributed by atoms with Gasteiger partial charge in [0.2, 0.25) is 0 Å². The van der Waals surface area contributed by atoms with Gasteiger partial charge in [0.1, 0.15) is 54.9 Å². The predicted octanol–water partition coefficient (Wildman–Crippen LogP) is 4.02. The van der Waals surface area contributed by atoms with E-state index in [1.54, 1.807) is 0 Å². The van der Waals surface area contributed by atoms with E-state index in [0.29, 0.717) is 0 Å². The highest BCUT2D eigenvalue weighted by molar-refractivity contribution is 6.69. The van der Waals surface area contributed by atoms with Gasteiger partial charge in [0.25, 0.3) is 0 Å². The molecule has 0 N–H and O–H groups in total. The summed E-state index contributed by atoms with van der Waals surface area (Å²) in [5, 5.41) is 5.18. The van der Waals surface area contributed by atoms with Gasteiger partial charge in [-0.3, -0.25) is 0 Å². The molecule has 0 unspecified atom stereocenters. The first-order valence-corrected chi connectivity index (χ1v) is 24.3. The molecule has 0 spiro atoms. The van der Waals surface area contributed by atoms with Gasteiger partial charge in [0.05, 0.1) is 11.0 Å². The Hall–Kier alpha value is -7.75. The van der Waals surface area contributed by atoms with E-state index in [-0.39, 0.29) is 0 Å². The topological polar surface area (TPSA) is 9.86 Å². The molecule has 0 aliphatic rings. The number of aromatic nitrogens is 2. The van der Waals surface area contributed by atoms with E-state index in [0.717, 1.165) is 5.69 Å². The molecular formula is C60H47B7N2. The molecular weight excluding hydrogens is 824 g/mol. The lowest BCUT2D eigenvalue weighted by atomic mass is 9.64. The zero-order chi connectivity index (χ0) is 47.1. The third kappa shape index (κ3) is 6.89. The van der Waals surface area contributed by atoms with Gasteiger partial charge in [-0.2, -0.15) is 0 Å². The minimum Gasteiger partial charge on any atom is -0.310 e. The van der Waals surface area contributed by atoms with Crippen molar-refractivity contribution in [2.24, 2.45) is 0 Å². The minimum absolute atomic E-state index is 1.15. The molecule has 12 aromatic rings. The maximum absolute atomic E-state index is 2.61. The van der Waals surface area contributed by atoms with Gasteiger partial charge < -0.3 is 9.13 Å². The molecule has 0 fully saturated rings. The van der Waals surface area contributed by atoms with Crippen LogP contribution in [0, 0.1) is 0 Å². The van der Waals surface area contributed by atoms with Crippen LogP contribution in [0.25, 0.3) is 111 Å². The van der Waals surface area contributed by atoms with E-state index in [9.17, 15) is 0 Å². The molecule has 69 heavy (non-hydrogen) atoms. The van der Waals surface area contributed by atoms with Crippen LogP contribution in [0.2, 0.25) is 0 Å². The SMILES string of the molecule is Bc1c(B)c(B)c2c(c1B)c1c(B)c(-c3ccc4c(c3)c3cc(-c5ccccc5)ccc3n4-c3cccc(-c4ccccc4)c3)c(B)c(B)c1n2-c1cc(-c2ccccc2)cc(-c2ccccc2)c1. The molecule has 0 aliphatic carbocycles. The zero-order valence-electron chi connectivity index (χ0n) is 40.4. The van der Waals surface area contributed by atoms with E-state index in [1.807, 2.05) is 0 Å². The van der Waals surface area contributed by atoms with Gasteiger partial charge >= 0.3 is 0 Å². The maximum Gasteiger partial charge on any atom is 0.141 e. The second-order valence-corrected chi connectivity index (χ2v) is 19.1. The number of fused-ring (bicyclic) bond motifs is 6. The molecule has 0 amide bonds. The molecule has 318 valence electrons. The minimum atomic E-state index is 1.15. The van der Waals surface area contributed by atoms with Crippen molar-refractivity contribution in [3.8, 4) is 67.0 Å². The summed E-state index contributed by atoms with van der Waals surface area (Å²) >= 11 is 0. The molecule has 2 nitrogen and oxygen atoms in total. The van der Waals surface area contributed by atoms with Crippen LogP contribution in [0.4, 0.5) is 0 Å². The Morgan fingerprint density at radius 2 is 0.652 bits per heavy atom. The molecule has 0 saturated carbocycles. The van der Waals surface area contributed by atoms with Gasteiger partial charge in [-0.25, -0.2) is 0 Å². The molecule has 2 aromatic heterocycles. The highest BCUT2D eigenvalue weighted by Gasteiger charge is 2.26. The molecule has 10 aromatic carbocycles. The summed E-state index contributed by atoms with van der Waals surface area (Å²) in [6.45, 7) is 0. The first-order valence-electron chi connectivity index (χ1n) is 24.3. The standard InChI is InChI=1S/C60H47B7N2/c61-52-49(40-25-27-48-46(33-40)45-32-39(35-16-7-2-8-17-35)24-26-47(45)68(48)43-23-13-22-38(29-43)34-14-5-1-6-15-34)53(62)57(66)59-50(52)51-54(63)55(64)56(65)58(67)60(51)69(59)44-30-41(36-18-9-3-10-19-36)28-42(31-44)37-20-11-4-12-21-37/h1-33H,61-67H2. The summed E-state index contributed by atoms with van der Waals surface area (Å²) in [7, 11) is 16.4. The van der Waals surface area contributed by atoms with E-state index < -0.39 is 0 Å². The molecule has 0 atom stereocenters. The molecule has 0 bridgehead atoms. The van der Waals surface area contributed by atoms with Crippen LogP contribution in [0.15, 0.2) is 200 Å². The van der Waals surface area contributed by atoms with Crippen molar-refractivity contribution in [3.05, 3.63) is 200 Å². The van der Waals surface area contributed by atoms with Gasteiger partial charge in [0.15, 0.2) is 0 Å². The van der Waals surface area contributed by atoms with Crippen LogP contribution < -0.4 is 38.2 Å². The van der Waals surface area contributed by atoms with Crippen molar-refractivity contribution < 1.29 is 0 Å². The second kappa shape index (κ2) is 16.8. The number of hydrogen-bond donors (Lipinski definition) is 0. The molecule has 9 heteroatoms. The average molecular weight is 872 g/mol. The van der Waals surface area contributed by atoms with Crippen LogP contribution in [-0.4, -0.2) is 64.1 Å². The monoisotopic (exact) mass is 872 g/mol. The summed E-state index contributed by atoms with van der Waals surface area (Å²) in [4.78, 5) is 0. The lowest BCUT2D eigenvalue weighted by Gasteiger charge is -2.20. The summed E-state index contributed by atoms with van der Waals surface area (Å²) in [6.07, 6.45) is 0. The van der Waals surface area contributed by atoms with Crippen molar-refractivity contribution in [1.82, 2.24) is 9.13 Å². The molecule has 0 aliphatic heterocycles. The molecule has 0 saturated heterocycles. The van der Waals surface area contributed by atoms with E-state index in [1.165, 1.54) is 143 Å². The van der Waals surface area contributed by atoms with Crippen molar-refractivity contribution in [1.29, 1.82) is 0 Å². The van der Waals surface area contributed by atoms with Gasteiger partial charge in [-0.1, -0.05) is 178 Å². The fourth-order valence-electron chi connectivity index (χ4n) is 11.5. The van der Waals surface area contributed by atoms with Crippen LogP contribution in [0.1, 0.15) is 0 Å². The van der Waals surface area contributed by atoms with Crippen molar-refractivity contribution in [2.45, 2.75) is 0 Å². The Bertz CT molecular complexity index is 3960. The summed E-state index contributed by atoms with van der Waals surface area (Å²) in [5.41, 5.74) is 28.8. The number of benzene rings is 10. The lowest BCUT2D eigenvalue weighted by Crippen LogP contribution is -2.48. The van der Waals surface area contributed by atoms with Crippen molar-refractivity contribution in [3.63, 3.8) is 0 Å². The van der Waals surface area contributed by atoms with Gasteiger partial charge in [-0.15, -0.1) is 5.46 Å². The van der Waals surface area contributed by atoms with Crippen LogP contribution in [0.5, 0.6) is 0 Å².